The molecule has 0 aliphatic rings. The lowest BCUT2D eigenvalue weighted by molar-refractivity contribution is -0.141. The predicted molar refractivity (Wildman–Crippen MR) is 73.8 cm³/mol. The smallest absolute Gasteiger partial charge is 0.325 e. The molecule has 112 valence electrons. The van der Waals surface area contributed by atoms with E-state index in [0.717, 1.165) is 11.4 Å². The number of likely N-dealkylation sites (N-methyl/N-ethyl adjacent to an activating group) is 1. The molecule has 2 aromatic rings. The Kier molecular flexibility index (Phi) is 4.15. The average molecular weight is 291 g/mol. The summed E-state index contributed by atoms with van der Waals surface area (Å²) in [6, 6.07) is 1.85. The molecule has 0 spiro atoms. The van der Waals surface area contributed by atoms with E-state index in [1.54, 1.807) is 6.92 Å². The lowest BCUT2D eigenvalue weighted by Gasteiger charge is -2.17. The molecule has 0 unspecified atom stereocenters. The molecule has 2 heterocycles. The fourth-order valence-electron chi connectivity index (χ4n) is 1.95. The molecule has 0 saturated carbocycles. The number of fused-ring (bicyclic) bond motifs is 1. The number of rotatable bonds is 4. The van der Waals surface area contributed by atoms with Crippen molar-refractivity contribution in [1.29, 1.82) is 0 Å². The van der Waals surface area contributed by atoms with Crippen molar-refractivity contribution in [3.05, 3.63) is 23.3 Å². The van der Waals surface area contributed by atoms with Crippen molar-refractivity contribution in [3.8, 4) is 0 Å². The highest BCUT2D eigenvalue weighted by Crippen LogP contribution is 2.07. The summed E-state index contributed by atoms with van der Waals surface area (Å²) in [6.07, 6.45) is 0. The number of amides is 1. The van der Waals surface area contributed by atoms with Crippen molar-refractivity contribution in [1.82, 2.24) is 24.5 Å². The standard InChI is InChI=1S/C13H17N5O3/c1-5-17(7-10(19)21-4)12(20)11-15-13-14-8(2)6-9(3)18(13)16-11/h6H,5,7H2,1-4H3. The van der Waals surface area contributed by atoms with Crippen LogP contribution in [0.15, 0.2) is 6.07 Å². The van der Waals surface area contributed by atoms with E-state index in [-0.39, 0.29) is 12.4 Å². The molecule has 1 amide bonds. The molecular formula is C13H17N5O3. The maximum atomic E-state index is 12.3. The van der Waals surface area contributed by atoms with Crippen LogP contribution in [0.1, 0.15) is 28.9 Å². The quantitative estimate of drug-likeness (QED) is 0.756. The van der Waals surface area contributed by atoms with Crippen LogP contribution in [-0.4, -0.2) is 56.6 Å². The molecule has 2 rings (SSSR count). The van der Waals surface area contributed by atoms with Crippen LogP contribution in [0.2, 0.25) is 0 Å². The van der Waals surface area contributed by atoms with Crippen molar-refractivity contribution >= 4 is 17.7 Å². The molecule has 0 bridgehead atoms. The van der Waals surface area contributed by atoms with Crippen LogP contribution >= 0.6 is 0 Å². The number of hydrogen-bond acceptors (Lipinski definition) is 6. The van der Waals surface area contributed by atoms with E-state index in [1.807, 2.05) is 19.9 Å². The topological polar surface area (TPSA) is 89.7 Å². The SMILES string of the molecule is CCN(CC(=O)OC)C(=O)c1nc2nc(C)cc(C)n2n1. The number of carbonyl (C=O) groups excluding carboxylic acids is 2. The van der Waals surface area contributed by atoms with Gasteiger partial charge < -0.3 is 9.64 Å². The first kappa shape index (κ1) is 14.9. The highest BCUT2D eigenvalue weighted by atomic mass is 16.5. The van der Waals surface area contributed by atoms with E-state index >= 15 is 0 Å². The Labute approximate surface area is 121 Å². The number of carbonyl (C=O) groups is 2. The van der Waals surface area contributed by atoms with Crippen molar-refractivity contribution in [2.24, 2.45) is 0 Å². The van der Waals surface area contributed by atoms with Crippen LogP contribution in [-0.2, 0) is 9.53 Å². The molecule has 0 fully saturated rings. The number of aryl methyl sites for hydroxylation is 2. The molecule has 0 aliphatic carbocycles. The second kappa shape index (κ2) is 5.86. The maximum Gasteiger partial charge on any atom is 0.325 e. The van der Waals surface area contributed by atoms with Gasteiger partial charge in [-0.3, -0.25) is 9.59 Å². The molecule has 2 aromatic heterocycles. The number of ether oxygens (including phenoxy) is 1. The van der Waals surface area contributed by atoms with Gasteiger partial charge in [0, 0.05) is 17.9 Å². The van der Waals surface area contributed by atoms with Gasteiger partial charge in [0.05, 0.1) is 7.11 Å². The van der Waals surface area contributed by atoms with Gasteiger partial charge in [-0.25, -0.2) is 9.50 Å². The summed E-state index contributed by atoms with van der Waals surface area (Å²) >= 11 is 0. The summed E-state index contributed by atoms with van der Waals surface area (Å²) < 4.78 is 6.08. The van der Waals surface area contributed by atoms with Crippen LogP contribution in [0.4, 0.5) is 0 Å². The Morgan fingerprint density at radius 3 is 2.67 bits per heavy atom. The average Bonchev–Trinajstić information content (AvgIpc) is 2.87. The zero-order chi connectivity index (χ0) is 15.6. The first-order valence-corrected chi connectivity index (χ1v) is 6.53. The van der Waals surface area contributed by atoms with E-state index in [9.17, 15) is 9.59 Å². The highest BCUT2D eigenvalue weighted by molar-refractivity contribution is 5.93. The molecule has 8 nitrogen and oxygen atoms in total. The van der Waals surface area contributed by atoms with Gasteiger partial charge in [0.25, 0.3) is 11.7 Å². The van der Waals surface area contributed by atoms with Gasteiger partial charge in [-0.1, -0.05) is 0 Å². The third-order valence-corrected chi connectivity index (χ3v) is 3.03. The minimum absolute atomic E-state index is 0.0157. The van der Waals surface area contributed by atoms with Gasteiger partial charge in [0.15, 0.2) is 0 Å². The van der Waals surface area contributed by atoms with E-state index in [2.05, 4.69) is 19.8 Å². The summed E-state index contributed by atoms with van der Waals surface area (Å²) in [7, 11) is 1.28. The summed E-state index contributed by atoms with van der Waals surface area (Å²) in [5.74, 6) is -0.531. The number of nitrogens with zero attached hydrogens (tertiary/aromatic N) is 5. The first-order chi connectivity index (χ1) is 9.96. The fraction of sp³-hybridized carbons (Fsp3) is 0.462. The normalized spacial score (nSPS) is 10.7. The summed E-state index contributed by atoms with van der Waals surface area (Å²) in [6.45, 7) is 5.70. The number of hydrogen-bond donors (Lipinski definition) is 0. The summed E-state index contributed by atoms with van der Waals surface area (Å²) in [4.78, 5) is 33.3. The molecule has 0 N–H and O–H groups in total. The van der Waals surface area contributed by atoms with Crippen LogP contribution in [0.5, 0.6) is 0 Å². The van der Waals surface area contributed by atoms with E-state index in [1.165, 1.54) is 16.5 Å². The second-order valence-corrected chi connectivity index (χ2v) is 4.58. The van der Waals surface area contributed by atoms with Crippen molar-refractivity contribution < 1.29 is 14.3 Å². The third-order valence-electron chi connectivity index (χ3n) is 3.03. The molecular weight excluding hydrogens is 274 g/mol. The predicted octanol–water partition coefficient (Wildman–Crippen LogP) is 0.376. The Bertz CT molecular complexity index is 694. The Morgan fingerprint density at radius 2 is 2.05 bits per heavy atom. The number of aromatic nitrogens is 4. The lowest BCUT2D eigenvalue weighted by Crippen LogP contribution is -2.36. The lowest BCUT2D eigenvalue weighted by atomic mass is 10.4. The minimum atomic E-state index is -0.487. The molecule has 8 heteroatoms. The minimum Gasteiger partial charge on any atom is -0.468 e. The molecule has 0 radical (unpaired) electrons. The second-order valence-electron chi connectivity index (χ2n) is 4.58. The van der Waals surface area contributed by atoms with Crippen LogP contribution < -0.4 is 0 Å². The zero-order valence-corrected chi connectivity index (χ0v) is 12.5. The fourth-order valence-corrected chi connectivity index (χ4v) is 1.95. The Balaban J connectivity index is 2.34. The van der Waals surface area contributed by atoms with Crippen molar-refractivity contribution in [2.45, 2.75) is 20.8 Å². The van der Waals surface area contributed by atoms with E-state index in [0.29, 0.717) is 12.3 Å². The number of methoxy groups -OCH3 is 1. The Hall–Kier alpha value is -2.51. The van der Waals surface area contributed by atoms with Gasteiger partial charge in [0.1, 0.15) is 6.54 Å². The van der Waals surface area contributed by atoms with Crippen LogP contribution in [0, 0.1) is 13.8 Å². The zero-order valence-electron chi connectivity index (χ0n) is 12.5. The third kappa shape index (κ3) is 2.99. The van der Waals surface area contributed by atoms with Gasteiger partial charge in [-0.05, 0) is 26.8 Å². The molecule has 21 heavy (non-hydrogen) atoms. The summed E-state index contributed by atoms with van der Waals surface area (Å²) in [5.41, 5.74) is 1.63. The molecule has 0 aromatic carbocycles. The van der Waals surface area contributed by atoms with Crippen LogP contribution in [0.25, 0.3) is 5.78 Å². The monoisotopic (exact) mass is 291 g/mol. The molecule has 0 aliphatic heterocycles. The van der Waals surface area contributed by atoms with Crippen molar-refractivity contribution in [2.75, 3.05) is 20.2 Å². The van der Waals surface area contributed by atoms with Gasteiger partial charge >= 0.3 is 5.97 Å². The molecule has 0 saturated heterocycles. The van der Waals surface area contributed by atoms with E-state index < -0.39 is 11.9 Å². The van der Waals surface area contributed by atoms with Crippen LogP contribution in [0.3, 0.4) is 0 Å². The molecule has 0 atom stereocenters. The largest absolute Gasteiger partial charge is 0.468 e. The summed E-state index contributed by atoms with van der Waals surface area (Å²) in [5, 5.41) is 4.15. The van der Waals surface area contributed by atoms with Crippen molar-refractivity contribution in [3.63, 3.8) is 0 Å². The maximum absolute atomic E-state index is 12.3. The Morgan fingerprint density at radius 1 is 1.33 bits per heavy atom. The highest BCUT2D eigenvalue weighted by Gasteiger charge is 2.22. The first-order valence-electron chi connectivity index (χ1n) is 6.53. The van der Waals surface area contributed by atoms with Gasteiger partial charge in [-0.2, -0.15) is 4.98 Å². The van der Waals surface area contributed by atoms with E-state index in [4.69, 9.17) is 0 Å². The van der Waals surface area contributed by atoms with Gasteiger partial charge in [-0.15, -0.1) is 5.10 Å². The number of esters is 1. The van der Waals surface area contributed by atoms with Gasteiger partial charge in [0.2, 0.25) is 5.82 Å².